The van der Waals surface area contributed by atoms with Crippen molar-refractivity contribution in [2.75, 3.05) is 31.6 Å². The maximum Gasteiger partial charge on any atom is 0.225 e. The highest BCUT2D eigenvalue weighted by Gasteiger charge is 2.31. The molecule has 5 nitrogen and oxygen atoms in total. The van der Waals surface area contributed by atoms with Crippen molar-refractivity contribution in [3.8, 4) is 0 Å². The number of benzene rings is 1. The molecule has 1 N–H and O–H groups in total. The maximum absolute atomic E-state index is 12.2. The number of carbonyl (C=O) groups excluding carboxylic acids is 2. The molecule has 2 amide bonds. The van der Waals surface area contributed by atoms with E-state index in [2.05, 4.69) is 22.3 Å². The molecule has 2 fully saturated rings. The highest BCUT2D eigenvalue weighted by Crippen LogP contribution is 2.24. The Hall–Kier alpha value is -2.04. The average Bonchev–Trinajstić information content (AvgIpc) is 3.16. The smallest absolute Gasteiger partial charge is 0.225 e. The van der Waals surface area contributed by atoms with Gasteiger partial charge in [0.1, 0.15) is 0 Å². The average molecular weight is 301 g/mol. The molecule has 3 rings (SSSR count). The summed E-state index contributed by atoms with van der Waals surface area (Å²) in [5.41, 5.74) is 2.37. The van der Waals surface area contributed by atoms with E-state index in [9.17, 15) is 9.59 Å². The summed E-state index contributed by atoms with van der Waals surface area (Å²) in [6.45, 7) is 3.23. The molecule has 0 radical (unpaired) electrons. The Labute approximate surface area is 131 Å². The minimum atomic E-state index is -0.212. The number of para-hydroxylation sites is 1. The summed E-state index contributed by atoms with van der Waals surface area (Å²) in [6.07, 6.45) is 2.80. The van der Waals surface area contributed by atoms with Crippen LogP contribution in [0.3, 0.4) is 0 Å². The largest absolute Gasteiger partial charge is 0.371 e. The van der Waals surface area contributed by atoms with Gasteiger partial charge in [-0.05, 0) is 24.5 Å². The second kappa shape index (κ2) is 6.38. The molecule has 2 saturated heterocycles. The van der Waals surface area contributed by atoms with Crippen LogP contribution in [0.15, 0.2) is 24.3 Å². The van der Waals surface area contributed by atoms with E-state index < -0.39 is 0 Å². The Morgan fingerprint density at radius 3 is 2.68 bits per heavy atom. The molecule has 0 aliphatic carbocycles. The molecule has 2 aliphatic rings. The molecule has 22 heavy (non-hydrogen) atoms. The predicted molar refractivity (Wildman–Crippen MR) is 85.5 cm³/mol. The van der Waals surface area contributed by atoms with Crippen LogP contribution in [-0.4, -0.2) is 43.4 Å². The number of likely N-dealkylation sites (tertiary alicyclic amines) is 1. The van der Waals surface area contributed by atoms with Gasteiger partial charge in [0.15, 0.2) is 0 Å². The van der Waals surface area contributed by atoms with Gasteiger partial charge < -0.3 is 15.1 Å². The van der Waals surface area contributed by atoms with Gasteiger partial charge in [0.25, 0.3) is 0 Å². The van der Waals surface area contributed by atoms with E-state index in [1.807, 2.05) is 12.1 Å². The van der Waals surface area contributed by atoms with Crippen molar-refractivity contribution in [1.29, 1.82) is 0 Å². The number of rotatable bonds is 4. The van der Waals surface area contributed by atoms with Crippen LogP contribution >= 0.6 is 0 Å². The first-order valence-corrected chi connectivity index (χ1v) is 7.99. The van der Waals surface area contributed by atoms with Crippen LogP contribution in [0.4, 0.5) is 5.69 Å². The Bertz CT molecular complexity index is 567. The van der Waals surface area contributed by atoms with Gasteiger partial charge in [-0.1, -0.05) is 18.2 Å². The number of hydrogen-bond acceptors (Lipinski definition) is 3. The van der Waals surface area contributed by atoms with Crippen LogP contribution in [-0.2, 0) is 16.1 Å². The van der Waals surface area contributed by atoms with Crippen molar-refractivity contribution in [1.82, 2.24) is 10.2 Å². The van der Waals surface area contributed by atoms with Crippen molar-refractivity contribution >= 4 is 17.5 Å². The monoisotopic (exact) mass is 301 g/mol. The normalized spacial score (nSPS) is 21.5. The molecular formula is C17H23N3O2. The Balaban J connectivity index is 1.62. The molecule has 1 atom stereocenters. The lowest BCUT2D eigenvalue weighted by Crippen LogP contribution is -2.32. The number of hydrogen-bond donors (Lipinski definition) is 1. The summed E-state index contributed by atoms with van der Waals surface area (Å²) in [5, 5.41) is 3.00. The minimum absolute atomic E-state index is 0.0195. The standard InChI is InChI=1S/C17H23N3O2/c1-19-12-14(10-16(19)21)17(22)18-11-13-6-2-3-7-15(13)20-8-4-5-9-20/h2-3,6-7,14H,4-5,8-12H2,1H3,(H,18,22). The first kappa shape index (κ1) is 14.9. The fourth-order valence-corrected chi connectivity index (χ4v) is 3.29. The Morgan fingerprint density at radius 2 is 2.00 bits per heavy atom. The zero-order chi connectivity index (χ0) is 15.5. The number of nitrogens with zero attached hydrogens (tertiary/aromatic N) is 2. The van der Waals surface area contributed by atoms with E-state index in [1.165, 1.54) is 18.5 Å². The van der Waals surface area contributed by atoms with Crippen molar-refractivity contribution in [2.24, 2.45) is 5.92 Å². The van der Waals surface area contributed by atoms with E-state index >= 15 is 0 Å². The fourth-order valence-electron chi connectivity index (χ4n) is 3.29. The van der Waals surface area contributed by atoms with Crippen molar-refractivity contribution < 1.29 is 9.59 Å². The van der Waals surface area contributed by atoms with Gasteiger partial charge in [-0.15, -0.1) is 0 Å². The Kier molecular flexibility index (Phi) is 4.32. The molecule has 0 aromatic heterocycles. The first-order valence-electron chi connectivity index (χ1n) is 7.99. The van der Waals surface area contributed by atoms with Gasteiger partial charge in [-0.2, -0.15) is 0 Å². The van der Waals surface area contributed by atoms with Gasteiger partial charge in [-0.25, -0.2) is 0 Å². The predicted octanol–water partition coefficient (Wildman–Crippen LogP) is 1.38. The lowest BCUT2D eigenvalue weighted by Gasteiger charge is -2.22. The van der Waals surface area contributed by atoms with E-state index in [1.54, 1.807) is 11.9 Å². The molecule has 0 bridgehead atoms. The fraction of sp³-hybridized carbons (Fsp3) is 0.529. The molecule has 2 aliphatic heterocycles. The van der Waals surface area contributed by atoms with Gasteiger partial charge in [0, 0.05) is 45.3 Å². The topological polar surface area (TPSA) is 52.7 Å². The molecule has 2 heterocycles. The van der Waals surface area contributed by atoms with E-state index in [0.717, 1.165) is 18.7 Å². The molecular weight excluding hydrogens is 278 g/mol. The van der Waals surface area contributed by atoms with Crippen LogP contribution in [0.5, 0.6) is 0 Å². The second-order valence-electron chi connectivity index (χ2n) is 6.22. The number of anilines is 1. The van der Waals surface area contributed by atoms with Gasteiger partial charge >= 0.3 is 0 Å². The molecule has 1 aromatic carbocycles. The molecule has 1 aromatic rings. The van der Waals surface area contributed by atoms with Gasteiger partial charge in [0.05, 0.1) is 5.92 Å². The number of nitrogens with one attached hydrogen (secondary N) is 1. The summed E-state index contributed by atoms with van der Waals surface area (Å²) < 4.78 is 0. The number of carbonyl (C=O) groups is 2. The second-order valence-corrected chi connectivity index (χ2v) is 6.22. The maximum atomic E-state index is 12.2. The lowest BCUT2D eigenvalue weighted by molar-refractivity contribution is -0.128. The van der Waals surface area contributed by atoms with Crippen LogP contribution in [0.2, 0.25) is 0 Å². The highest BCUT2D eigenvalue weighted by molar-refractivity contribution is 5.89. The van der Waals surface area contributed by atoms with Crippen molar-refractivity contribution in [2.45, 2.75) is 25.8 Å². The third kappa shape index (κ3) is 3.08. The lowest BCUT2D eigenvalue weighted by atomic mass is 10.1. The number of amides is 2. The van der Waals surface area contributed by atoms with Gasteiger partial charge in [0.2, 0.25) is 11.8 Å². The van der Waals surface area contributed by atoms with Crippen LogP contribution < -0.4 is 10.2 Å². The van der Waals surface area contributed by atoms with Crippen molar-refractivity contribution in [3.05, 3.63) is 29.8 Å². The zero-order valence-corrected chi connectivity index (χ0v) is 13.0. The SMILES string of the molecule is CN1CC(C(=O)NCc2ccccc2N2CCCC2)CC1=O. The Morgan fingerprint density at radius 1 is 1.27 bits per heavy atom. The van der Waals surface area contributed by atoms with Crippen LogP contribution in [0.1, 0.15) is 24.8 Å². The molecule has 0 spiro atoms. The summed E-state index contributed by atoms with van der Waals surface area (Å²) in [6, 6.07) is 8.25. The van der Waals surface area contributed by atoms with Crippen molar-refractivity contribution in [3.63, 3.8) is 0 Å². The molecule has 118 valence electrons. The van der Waals surface area contributed by atoms with Gasteiger partial charge in [-0.3, -0.25) is 9.59 Å². The van der Waals surface area contributed by atoms with E-state index in [4.69, 9.17) is 0 Å². The summed E-state index contributed by atoms with van der Waals surface area (Å²) in [5.74, 6) is -0.178. The molecule has 1 unspecified atom stereocenters. The zero-order valence-electron chi connectivity index (χ0n) is 13.0. The summed E-state index contributed by atoms with van der Waals surface area (Å²) in [4.78, 5) is 27.8. The minimum Gasteiger partial charge on any atom is -0.371 e. The van der Waals surface area contributed by atoms with Crippen LogP contribution in [0.25, 0.3) is 0 Å². The first-order chi connectivity index (χ1) is 10.6. The van der Waals surface area contributed by atoms with Crippen LogP contribution in [0, 0.1) is 5.92 Å². The third-order valence-corrected chi connectivity index (χ3v) is 4.60. The summed E-state index contributed by atoms with van der Waals surface area (Å²) >= 11 is 0. The molecule has 5 heteroatoms. The third-order valence-electron chi connectivity index (χ3n) is 4.60. The van der Waals surface area contributed by atoms with E-state index in [-0.39, 0.29) is 17.7 Å². The van der Waals surface area contributed by atoms with E-state index in [0.29, 0.717) is 19.5 Å². The molecule has 0 saturated carbocycles. The highest BCUT2D eigenvalue weighted by atomic mass is 16.2. The quantitative estimate of drug-likeness (QED) is 0.914. The summed E-state index contributed by atoms with van der Waals surface area (Å²) in [7, 11) is 1.75.